The van der Waals surface area contributed by atoms with Gasteiger partial charge < -0.3 is 9.88 Å². The van der Waals surface area contributed by atoms with Crippen molar-refractivity contribution in [2.75, 3.05) is 5.32 Å². The maximum atomic E-state index is 13.5. The van der Waals surface area contributed by atoms with Gasteiger partial charge in [0.15, 0.2) is 0 Å². The number of para-hydroxylation sites is 1. The molecule has 0 atom stereocenters. The van der Waals surface area contributed by atoms with Crippen molar-refractivity contribution in [2.45, 2.75) is 0 Å². The minimum atomic E-state index is -0.566. The number of carbonyl (C=O) groups excluding carboxylic acids is 1. The van der Waals surface area contributed by atoms with Crippen molar-refractivity contribution in [3.8, 4) is 0 Å². The monoisotopic (exact) mass is 330 g/mol. The minimum Gasteiger partial charge on any atom is -0.345 e. The zero-order valence-electron chi connectivity index (χ0n) is 9.38. The highest BCUT2D eigenvalue weighted by Crippen LogP contribution is 2.25. The zero-order chi connectivity index (χ0) is 13.3. The molecule has 0 bridgehead atoms. The first-order chi connectivity index (χ1) is 8.49. The Morgan fingerprint density at radius 1 is 1.50 bits per heavy atom. The van der Waals surface area contributed by atoms with Crippen molar-refractivity contribution in [1.29, 1.82) is 0 Å². The van der Waals surface area contributed by atoms with E-state index >= 15 is 0 Å². The molecule has 1 heterocycles. The Kier molecular flexibility index (Phi) is 3.73. The lowest BCUT2D eigenvalue weighted by molar-refractivity contribution is 0.101. The summed E-state index contributed by atoms with van der Waals surface area (Å²) >= 11 is 9.10. The number of hydrogen-bond acceptors (Lipinski definition) is 1. The number of aryl methyl sites for hydroxylation is 1. The average molecular weight is 332 g/mol. The molecular weight excluding hydrogens is 322 g/mol. The Bertz CT molecular complexity index is 592. The molecule has 2 rings (SSSR count). The van der Waals surface area contributed by atoms with E-state index in [4.69, 9.17) is 11.6 Å². The summed E-state index contributed by atoms with van der Waals surface area (Å²) in [6, 6.07) is 5.88. The van der Waals surface area contributed by atoms with E-state index < -0.39 is 11.7 Å². The van der Waals surface area contributed by atoms with Crippen molar-refractivity contribution in [1.82, 2.24) is 4.57 Å². The van der Waals surface area contributed by atoms with Gasteiger partial charge in [-0.3, -0.25) is 4.79 Å². The van der Waals surface area contributed by atoms with Gasteiger partial charge >= 0.3 is 0 Å². The van der Waals surface area contributed by atoms with Gasteiger partial charge in [-0.15, -0.1) is 0 Å². The van der Waals surface area contributed by atoms with Crippen molar-refractivity contribution in [3.63, 3.8) is 0 Å². The molecule has 0 aliphatic rings. The van der Waals surface area contributed by atoms with Crippen molar-refractivity contribution >= 4 is 39.1 Å². The summed E-state index contributed by atoms with van der Waals surface area (Å²) in [5, 5.41) is 2.62. The molecule has 0 spiro atoms. The van der Waals surface area contributed by atoms with Crippen LogP contribution in [0.15, 0.2) is 34.9 Å². The van der Waals surface area contributed by atoms with Crippen molar-refractivity contribution in [2.24, 2.45) is 7.05 Å². The number of halogens is 3. The standard InChI is InChI=1S/C12H9BrClFN2O/c1-17-6-7(13)5-10(17)12(18)16-11-8(14)3-2-4-9(11)15/h2-6H,1H3,(H,16,18). The molecule has 0 aliphatic carbocycles. The molecule has 0 fully saturated rings. The second kappa shape index (κ2) is 5.12. The zero-order valence-corrected chi connectivity index (χ0v) is 11.7. The highest BCUT2D eigenvalue weighted by Gasteiger charge is 2.15. The van der Waals surface area contributed by atoms with Crippen LogP contribution in [0.1, 0.15) is 10.5 Å². The van der Waals surface area contributed by atoms with Gasteiger partial charge in [0.1, 0.15) is 11.5 Å². The molecule has 1 aromatic carbocycles. The van der Waals surface area contributed by atoms with E-state index in [1.165, 1.54) is 18.2 Å². The number of nitrogens with zero attached hydrogens (tertiary/aromatic N) is 1. The van der Waals surface area contributed by atoms with E-state index in [-0.39, 0.29) is 10.7 Å². The van der Waals surface area contributed by atoms with Crippen LogP contribution in [0.2, 0.25) is 5.02 Å². The molecule has 0 aliphatic heterocycles. The third-order valence-electron chi connectivity index (χ3n) is 2.41. The quantitative estimate of drug-likeness (QED) is 0.891. The molecule has 18 heavy (non-hydrogen) atoms. The summed E-state index contributed by atoms with van der Waals surface area (Å²) in [4.78, 5) is 12.0. The van der Waals surface area contributed by atoms with E-state index in [1.54, 1.807) is 23.9 Å². The van der Waals surface area contributed by atoms with Gasteiger partial charge in [0.25, 0.3) is 5.91 Å². The van der Waals surface area contributed by atoms with Crippen LogP contribution in [-0.2, 0) is 7.05 Å². The lowest BCUT2D eigenvalue weighted by Gasteiger charge is -2.08. The second-order valence-corrected chi connectivity index (χ2v) is 5.03. The molecule has 0 unspecified atom stereocenters. The summed E-state index contributed by atoms with van der Waals surface area (Å²) in [6.45, 7) is 0. The Labute approximate surface area is 117 Å². The van der Waals surface area contributed by atoms with E-state index in [1.807, 2.05) is 0 Å². The fourth-order valence-electron chi connectivity index (χ4n) is 1.54. The largest absolute Gasteiger partial charge is 0.345 e. The van der Waals surface area contributed by atoms with Crippen LogP contribution >= 0.6 is 27.5 Å². The van der Waals surface area contributed by atoms with Crippen LogP contribution in [0.4, 0.5) is 10.1 Å². The molecule has 1 aromatic heterocycles. The Morgan fingerprint density at radius 3 is 2.78 bits per heavy atom. The summed E-state index contributed by atoms with van der Waals surface area (Å²) in [6.07, 6.45) is 1.73. The molecule has 6 heteroatoms. The Hall–Kier alpha value is -1.33. The highest BCUT2D eigenvalue weighted by molar-refractivity contribution is 9.10. The van der Waals surface area contributed by atoms with Gasteiger partial charge in [-0.2, -0.15) is 0 Å². The number of aromatic nitrogens is 1. The number of nitrogens with one attached hydrogen (secondary N) is 1. The van der Waals surface area contributed by atoms with Gasteiger partial charge in [-0.05, 0) is 34.1 Å². The Morgan fingerprint density at radius 2 is 2.22 bits per heavy atom. The van der Waals surface area contributed by atoms with Crippen LogP contribution in [-0.4, -0.2) is 10.5 Å². The second-order valence-electron chi connectivity index (χ2n) is 3.71. The average Bonchev–Trinajstić information content (AvgIpc) is 2.63. The number of benzene rings is 1. The maximum absolute atomic E-state index is 13.5. The molecular formula is C12H9BrClFN2O. The predicted octanol–water partition coefficient (Wildman–Crippen LogP) is 3.83. The summed E-state index contributed by atoms with van der Waals surface area (Å²) < 4.78 is 15.9. The topological polar surface area (TPSA) is 34.0 Å². The van der Waals surface area contributed by atoms with Gasteiger partial charge in [-0.25, -0.2) is 4.39 Å². The molecule has 2 aromatic rings. The molecule has 3 nitrogen and oxygen atoms in total. The van der Waals surface area contributed by atoms with Crippen molar-refractivity contribution < 1.29 is 9.18 Å². The first kappa shape index (κ1) is 13.1. The lowest BCUT2D eigenvalue weighted by atomic mass is 10.3. The van der Waals surface area contributed by atoms with Gasteiger partial charge in [0.2, 0.25) is 0 Å². The number of carbonyl (C=O) groups is 1. The van der Waals surface area contributed by atoms with Crippen LogP contribution in [0, 0.1) is 5.82 Å². The minimum absolute atomic E-state index is 0.0125. The van der Waals surface area contributed by atoms with Gasteiger partial charge in [0, 0.05) is 17.7 Å². The molecule has 0 saturated carbocycles. The number of hydrogen-bond donors (Lipinski definition) is 1. The fraction of sp³-hybridized carbons (Fsp3) is 0.0833. The van der Waals surface area contributed by atoms with E-state index in [0.717, 1.165) is 4.47 Å². The van der Waals surface area contributed by atoms with Crippen LogP contribution in [0.5, 0.6) is 0 Å². The smallest absolute Gasteiger partial charge is 0.272 e. The third-order valence-corrected chi connectivity index (χ3v) is 3.15. The summed E-state index contributed by atoms with van der Waals surface area (Å²) in [5.74, 6) is -0.987. The van der Waals surface area contributed by atoms with Crippen LogP contribution in [0.25, 0.3) is 0 Å². The first-order valence-electron chi connectivity index (χ1n) is 5.06. The lowest BCUT2D eigenvalue weighted by Crippen LogP contribution is -2.16. The number of anilines is 1. The Balaban J connectivity index is 2.30. The SMILES string of the molecule is Cn1cc(Br)cc1C(=O)Nc1c(F)cccc1Cl. The summed E-state index contributed by atoms with van der Waals surface area (Å²) in [5.41, 5.74) is 0.391. The van der Waals surface area contributed by atoms with E-state index in [2.05, 4.69) is 21.2 Å². The highest BCUT2D eigenvalue weighted by atomic mass is 79.9. The number of amides is 1. The molecule has 94 valence electrons. The predicted molar refractivity (Wildman–Crippen MR) is 72.5 cm³/mol. The van der Waals surface area contributed by atoms with E-state index in [0.29, 0.717) is 5.69 Å². The molecule has 0 radical (unpaired) electrons. The van der Waals surface area contributed by atoms with Gasteiger partial charge in [-0.1, -0.05) is 17.7 Å². The summed E-state index contributed by atoms with van der Waals surface area (Å²) in [7, 11) is 1.72. The molecule has 1 amide bonds. The van der Waals surface area contributed by atoms with Gasteiger partial charge in [0.05, 0.1) is 10.7 Å². The first-order valence-corrected chi connectivity index (χ1v) is 6.23. The number of rotatable bonds is 2. The maximum Gasteiger partial charge on any atom is 0.272 e. The normalized spacial score (nSPS) is 10.4. The van der Waals surface area contributed by atoms with Crippen LogP contribution in [0.3, 0.4) is 0 Å². The third kappa shape index (κ3) is 2.57. The molecule has 1 N–H and O–H groups in total. The fourth-order valence-corrected chi connectivity index (χ4v) is 2.28. The van der Waals surface area contributed by atoms with E-state index in [9.17, 15) is 9.18 Å². The van der Waals surface area contributed by atoms with Crippen LogP contribution < -0.4 is 5.32 Å². The molecule has 0 saturated heterocycles. The van der Waals surface area contributed by atoms with Crippen molar-refractivity contribution in [3.05, 3.63) is 51.5 Å².